The fourth-order valence-electron chi connectivity index (χ4n) is 1.82. The van der Waals surface area contributed by atoms with Crippen molar-refractivity contribution in [3.05, 3.63) is 29.8 Å². The van der Waals surface area contributed by atoms with E-state index in [1.54, 1.807) is 12.1 Å². The second-order valence-electron chi connectivity index (χ2n) is 4.25. The topological polar surface area (TPSA) is 69.6 Å². The molecule has 0 unspecified atom stereocenters. The fraction of sp³-hybridized carbons (Fsp3) is 0.417. The Labute approximate surface area is 93.9 Å². The highest BCUT2D eigenvalue weighted by atomic mass is 16.3. The van der Waals surface area contributed by atoms with E-state index in [-0.39, 0.29) is 17.8 Å². The number of hydrogen-bond acceptors (Lipinski definition) is 3. The van der Waals surface area contributed by atoms with Crippen LogP contribution in [0.4, 0.5) is 0 Å². The van der Waals surface area contributed by atoms with Gasteiger partial charge < -0.3 is 15.5 Å². The smallest absolute Gasteiger partial charge is 0.251 e. The Morgan fingerprint density at radius 1 is 1.31 bits per heavy atom. The van der Waals surface area contributed by atoms with Crippen LogP contribution in [0.2, 0.25) is 0 Å². The van der Waals surface area contributed by atoms with Crippen molar-refractivity contribution in [1.82, 2.24) is 5.32 Å². The average Bonchev–Trinajstić information content (AvgIpc) is 2.23. The molecular weight excluding hydrogens is 206 g/mol. The van der Waals surface area contributed by atoms with Gasteiger partial charge in [0.25, 0.3) is 5.91 Å². The zero-order valence-corrected chi connectivity index (χ0v) is 8.89. The number of rotatable bonds is 3. The number of hydrogen-bond donors (Lipinski definition) is 3. The standard InChI is InChI=1S/C12H15NO3/c14-10-3-1-9(2-4-10)12(16)13-7-8-5-11(15)6-8/h1-4,8,11,14-15H,5-7H2,(H,13,16). The number of aromatic hydroxyl groups is 1. The van der Waals surface area contributed by atoms with Gasteiger partial charge in [-0.05, 0) is 43.0 Å². The zero-order valence-electron chi connectivity index (χ0n) is 8.89. The molecule has 0 aromatic heterocycles. The predicted octanol–water partition coefficient (Wildman–Crippen LogP) is 0.893. The Hall–Kier alpha value is -1.55. The second kappa shape index (κ2) is 4.53. The number of aliphatic hydroxyl groups excluding tert-OH is 1. The summed E-state index contributed by atoms with van der Waals surface area (Å²) in [6.07, 6.45) is 1.36. The van der Waals surface area contributed by atoms with Crippen molar-refractivity contribution in [2.75, 3.05) is 6.54 Å². The molecule has 0 heterocycles. The van der Waals surface area contributed by atoms with E-state index in [9.17, 15) is 4.79 Å². The maximum Gasteiger partial charge on any atom is 0.251 e. The highest BCUT2D eigenvalue weighted by Crippen LogP contribution is 2.26. The molecule has 0 spiro atoms. The number of nitrogens with one attached hydrogen (secondary N) is 1. The molecule has 4 nitrogen and oxygen atoms in total. The van der Waals surface area contributed by atoms with Gasteiger partial charge in [-0.2, -0.15) is 0 Å². The number of phenols is 1. The third-order valence-corrected chi connectivity index (χ3v) is 2.89. The molecule has 1 aliphatic rings. The fourth-order valence-corrected chi connectivity index (χ4v) is 1.82. The maximum absolute atomic E-state index is 11.6. The van der Waals surface area contributed by atoms with Crippen LogP contribution < -0.4 is 5.32 Å². The van der Waals surface area contributed by atoms with Crippen LogP contribution >= 0.6 is 0 Å². The number of carbonyl (C=O) groups is 1. The predicted molar refractivity (Wildman–Crippen MR) is 59.2 cm³/mol. The molecule has 1 aromatic rings. The lowest BCUT2D eigenvalue weighted by Crippen LogP contribution is -2.38. The van der Waals surface area contributed by atoms with Crippen LogP contribution in [0.25, 0.3) is 0 Å². The number of carbonyl (C=O) groups excluding carboxylic acids is 1. The van der Waals surface area contributed by atoms with Crippen molar-refractivity contribution in [1.29, 1.82) is 0 Å². The number of aliphatic hydroxyl groups is 1. The lowest BCUT2D eigenvalue weighted by molar-refractivity contribution is 0.0420. The molecule has 4 heteroatoms. The molecule has 16 heavy (non-hydrogen) atoms. The van der Waals surface area contributed by atoms with E-state index in [1.807, 2.05) is 0 Å². The van der Waals surface area contributed by atoms with Gasteiger partial charge in [-0.15, -0.1) is 0 Å². The van der Waals surface area contributed by atoms with Crippen LogP contribution in [0.5, 0.6) is 5.75 Å². The normalized spacial score (nSPS) is 23.6. The molecule has 1 aliphatic carbocycles. The summed E-state index contributed by atoms with van der Waals surface area (Å²) >= 11 is 0. The molecule has 0 radical (unpaired) electrons. The van der Waals surface area contributed by atoms with Gasteiger partial charge in [-0.1, -0.05) is 0 Å². The maximum atomic E-state index is 11.6. The van der Waals surface area contributed by atoms with E-state index >= 15 is 0 Å². The summed E-state index contributed by atoms with van der Waals surface area (Å²) in [6, 6.07) is 6.14. The lowest BCUT2D eigenvalue weighted by atomic mass is 9.82. The minimum absolute atomic E-state index is 0.138. The first-order chi connectivity index (χ1) is 7.65. The van der Waals surface area contributed by atoms with Crippen molar-refractivity contribution in [2.45, 2.75) is 18.9 Å². The Bertz CT molecular complexity index is 368. The number of amides is 1. The zero-order chi connectivity index (χ0) is 11.5. The number of benzene rings is 1. The second-order valence-corrected chi connectivity index (χ2v) is 4.25. The summed E-state index contributed by atoms with van der Waals surface area (Å²) in [5, 5.41) is 21.0. The van der Waals surface area contributed by atoms with Crippen LogP contribution in [0, 0.1) is 5.92 Å². The minimum Gasteiger partial charge on any atom is -0.508 e. The highest BCUT2D eigenvalue weighted by molar-refractivity contribution is 5.94. The largest absolute Gasteiger partial charge is 0.508 e. The highest BCUT2D eigenvalue weighted by Gasteiger charge is 2.27. The Balaban J connectivity index is 1.81. The summed E-state index contributed by atoms with van der Waals surface area (Å²) in [5.41, 5.74) is 0.540. The third kappa shape index (κ3) is 2.52. The van der Waals surface area contributed by atoms with Crippen molar-refractivity contribution >= 4 is 5.91 Å². The molecule has 1 fully saturated rings. The molecule has 0 atom stereocenters. The van der Waals surface area contributed by atoms with Gasteiger partial charge in [-0.25, -0.2) is 0 Å². The first kappa shape index (κ1) is 11.0. The van der Waals surface area contributed by atoms with E-state index in [0.717, 1.165) is 12.8 Å². The van der Waals surface area contributed by atoms with E-state index in [2.05, 4.69) is 5.32 Å². The summed E-state index contributed by atoms with van der Waals surface area (Å²) in [7, 11) is 0. The van der Waals surface area contributed by atoms with Gasteiger partial charge in [0, 0.05) is 12.1 Å². The molecule has 2 rings (SSSR count). The quantitative estimate of drug-likeness (QED) is 0.710. The third-order valence-electron chi connectivity index (χ3n) is 2.89. The Kier molecular flexibility index (Phi) is 3.10. The molecule has 1 saturated carbocycles. The van der Waals surface area contributed by atoms with Gasteiger partial charge in [0.1, 0.15) is 5.75 Å². The Morgan fingerprint density at radius 2 is 1.94 bits per heavy atom. The van der Waals surface area contributed by atoms with Crippen LogP contribution in [0.1, 0.15) is 23.2 Å². The molecule has 0 bridgehead atoms. The van der Waals surface area contributed by atoms with Crippen molar-refractivity contribution < 1.29 is 15.0 Å². The molecule has 0 saturated heterocycles. The van der Waals surface area contributed by atoms with Crippen LogP contribution in [-0.2, 0) is 0 Å². The summed E-state index contributed by atoms with van der Waals surface area (Å²) < 4.78 is 0. The molecule has 0 aliphatic heterocycles. The van der Waals surface area contributed by atoms with E-state index in [1.165, 1.54) is 12.1 Å². The monoisotopic (exact) mass is 221 g/mol. The van der Waals surface area contributed by atoms with Gasteiger partial charge >= 0.3 is 0 Å². The van der Waals surface area contributed by atoms with Crippen molar-refractivity contribution in [2.24, 2.45) is 5.92 Å². The van der Waals surface area contributed by atoms with Gasteiger partial charge in [0.05, 0.1) is 6.10 Å². The van der Waals surface area contributed by atoms with Gasteiger partial charge in [0.15, 0.2) is 0 Å². The van der Waals surface area contributed by atoms with Crippen LogP contribution in [-0.4, -0.2) is 28.8 Å². The average molecular weight is 221 g/mol. The van der Waals surface area contributed by atoms with Gasteiger partial charge in [0.2, 0.25) is 0 Å². The first-order valence-electron chi connectivity index (χ1n) is 5.40. The van der Waals surface area contributed by atoms with Crippen molar-refractivity contribution in [3.8, 4) is 5.75 Å². The summed E-state index contributed by atoms with van der Waals surface area (Å²) in [5.74, 6) is 0.413. The SMILES string of the molecule is O=C(NCC1CC(O)C1)c1ccc(O)cc1. The molecule has 1 amide bonds. The molecule has 86 valence electrons. The Morgan fingerprint density at radius 3 is 2.50 bits per heavy atom. The minimum atomic E-state index is -0.185. The summed E-state index contributed by atoms with van der Waals surface area (Å²) in [4.78, 5) is 11.6. The lowest BCUT2D eigenvalue weighted by Gasteiger charge is -2.31. The van der Waals surface area contributed by atoms with Crippen molar-refractivity contribution in [3.63, 3.8) is 0 Å². The van der Waals surface area contributed by atoms with Crippen LogP contribution in [0.15, 0.2) is 24.3 Å². The summed E-state index contributed by atoms with van der Waals surface area (Å²) in [6.45, 7) is 0.608. The van der Waals surface area contributed by atoms with E-state index in [0.29, 0.717) is 18.0 Å². The first-order valence-corrected chi connectivity index (χ1v) is 5.40. The number of phenolic OH excluding ortho intramolecular Hbond substituents is 1. The molecule has 1 aromatic carbocycles. The molecule has 3 N–H and O–H groups in total. The molecular formula is C12H15NO3. The van der Waals surface area contributed by atoms with E-state index in [4.69, 9.17) is 10.2 Å². The van der Waals surface area contributed by atoms with Crippen LogP contribution in [0.3, 0.4) is 0 Å². The van der Waals surface area contributed by atoms with E-state index < -0.39 is 0 Å². The van der Waals surface area contributed by atoms with Gasteiger partial charge in [-0.3, -0.25) is 4.79 Å².